The normalized spacial score (nSPS) is 12.2. The van der Waals surface area contributed by atoms with E-state index in [9.17, 15) is 0 Å². The lowest BCUT2D eigenvalue weighted by atomic mass is 10.1. The van der Waals surface area contributed by atoms with Gasteiger partial charge in [-0.2, -0.15) is 0 Å². The molecular formula is C14H14Br2O2S. The van der Waals surface area contributed by atoms with Crippen molar-refractivity contribution in [1.82, 2.24) is 0 Å². The fourth-order valence-corrected chi connectivity index (χ4v) is 4.71. The molecule has 0 saturated carbocycles. The van der Waals surface area contributed by atoms with Gasteiger partial charge < -0.3 is 9.47 Å². The zero-order valence-electron chi connectivity index (χ0n) is 10.7. The van der Waals surface area contributed by atoms with Gasteiger partial charge in [0.05, 0.1) is 19.0 Å². The summed E-state index contributed by atoms with van der Waals surface area (Å²) in [5, 5.41) is 2.09. The molecule has 0 saturated heterocycles. The SMILES string of the molecule is COc1ccc(CC(Br)c2sccc2Br)cc1OC. The van der Waals surface area contributed by atoms with Crippen LogP contribution in [0, 0.1) is 0 Å². The predicted molar refractivity (Wildman–Crippen MR) is 86.9 cm³/mol. The molecule has 0 amide bonds. The Bertz CT molecular complexity index is 554. The average Bonchev–Trinajstić information content (AvgIpc) is 2.85. The highest BCUT2D eigenvalue weighted by molar-refractivity contribution is 9.11. The number of ether oxygens (including phenoxy) is 2. The second-order valence-electron chi connectivity index (χ2n) is 3.99. The van der Waals surface area contributed by atoms with Crippen LogP contribution in [0.1, 0.15) is 15.3 Å². The Labute approximate surface area is 134 Å². The molecule has 1 atom stereocenters. The molecular weight excluding hydrogens is 392 g/mol. The van der Waals surface area contributed by atoms with Crippen molar-refractivity contribution >= 4 is 43.2 Å². The van der Waals surface area contributed by atoms with E-state index >= 15 is 0 Å². The molecule has 2 aromatic rings. The summed E-state index contributed by atoms with van der Waals surface area (Å²) in [7, 11) is 3.30. The van der Waals surface area contributed by atoms with Crippen molar-refractivity contribution in [3.63, 3.8) is 0 Å². The van der Waals surface area contributed by atoms with E-state index < -0.39 is 0 Å². The molecule has 1 heterocycles. The monoisotopic (exact) mass is 404 g/mol. The van der Waals surface area contributed by atoms with Crippen molar-refractivity contribution in [1.29, 1.82) is 0 Å². The van der Waals surface area contributed by atoms with E-state index in [0.29, 0.717) is 4.83 Å². The van der Waals surface area contributed by atoms with Crippen LogP contribution in [-0.2, 0) is 6.42 Å². The minimum atomic E-state index is 0.292. The van der Waals surface area contributed by atoms with Crippen LogP contribution < -0.4 is 9.47 Å². The van der Waals surface area contributed by atoms with Gasteiger partial charge in [-0.3, -0.25) is 0 Å². The minimum Gasteiger partial charge on any atom is -0.493 e. The highest BCUT2D eigenvalue weighted by atomic mass is 79.9. The number of halogens is 2. The molecule has 0 spiro atoms. The fourth-order valence-electron chi connectivity index (χ4n) is 1.84. The average molecular weight is 406 g/mol. The molecule has 102 valence electrons. The highest BCUT2D eigenvalue weighted by Crippen LogP contribution is 2.37. The topological polar surface area (TPSA) is 18.5 Å². The van der Waals surface area contributed by atoms with Crippen molar-refractivity contribution in [2.75, 3.05) is 14.2 Å². The second-order valence-corrected chi connectivity index (χ2v) is 6.90. The number of hydrogen-bond donors (Lipinski definition) is 0. The van der Waals surface area contributed by atoms with Crippen molar-refractivity contribution in [2.45, 2.75) is 11.2 Å². The summed E-state index contributed by atoms with van der Waals surface area (Å²) in [6, 6.07) is 8.10. The first-order valence-corrected chi connectivity index (χ1v) is 8.32. The molecule has 0 aliphatic heterocycles. The summed E-state index contributed by atoms with van der Waals surface area (Å²) in [5.74, 6) is 1.53. The van der Waals surface area contributed by atoms with Gasteiger partial charge >= 0.3 is 0 Å². The van der Waals surface area contributed by atoms with Crippen LogP contribution in [-0.4, -0.2) is 14.2 Å². The van der Waals surface area contributed by atoms with E-state index in [4.69, 9.17) is 9.47 Å². The molecule has 2 nitrogen and oxygen atoms in total. The molecule has 0 aliphatic rings. The van der Waals surface area contributed by atoms with Gasteiger partial charge in [0.25, 0.3) is 0 Å². The number of rotatable bonds is 5. The van der Waals surface area contributed by atoms with Gasteiger partial charge in [0.15, 0.2) is 11.5 Å². The van der Waals surface area contributed by atoms with Crippen LogP contribution in [0.5, 0.6) is 11.5 Å². The summed E-state index contributed by atoms with van der Waals surface area (Å²) in [6.07, 6.45) is 0.902. The summed E-state index contributed by atoms with van der Waals surface area (Å²) in [5.41, 5.74) is 1.21. The van der Waals surface area contributed by atoms with Crippen LogP contribution in [0.15, 0.2) is 34.1 Å². The van der Waals surface area contributed by atoms with Crippen molar-refractivity contribution in [2.24, 2.45) is 0 Å². The van der Waals surface area contributed by atoms with Gasteiger partial charge in [-0.05, 0) is 51.5 Å². The van der Waals surface area contributed by atoms with Gasteiger partial charge in [0.2, 0.25) is 0 Å². The zero-order valence-corrected chi connectivity index (χ0v) is 14.6. The van der Waals surface area contributed by atoms with E-state index in [-0.39, 0.29) is 0 Å². The summed E-state index contributed by atoms with van der Waals surface area (Å²) >= 11 is 9.05. The lowest BCUT2D eigenvalue weighted by Gasteiger charge is -2.12. The maximum atomic E-state index is 5.33. The van der Waals surface area contributed by atoms with Crippen LogP contribution in [0.2, 0.25) is 0 Å². The Morgan fingerprint density at radius 3 is 2.47 bits per heavy atom. The van der Waals surface area contributed by atoms with Crippen molar-refractivity contribution < 1.29 is 9.47 Å². The summed E-state index contributed by atoms with van der Waals surface area (Å²) in [4.78, 5) is 1.59. The van der Waals surface area contributed by atoms with Crippen molar-refractivity contribution in [3.05, 3.63) is 44.6 Å². The third-order valence-electron chi connectivity index (χ3n) is 2.79. The quantitative estimate of drug-likeness (QED) is 0.636. The van der Waals surface area contributed by atoms with Crippen LogP contribution in [0.3, 0.4) is 0 Å². The molecule has 1 unspecified atom stereocenters. The maximum absolute atomic E-state index is 5.33. The van der Waals surface area contributed by atoms with Crippen LogP contribution >= 0.6 is 43.2 Å². The number of benzene rings is 1. The van der Waals surface area contributed by atoms with E-state index in [1.165, 1.54) is 10.4 Å². The molecule has 2 rings (SSSR count). The standard InChI is InChI=1S/C14H14Br2O2S/c1-17-12-4-3-9(8-13(12)18-2)7-11(16)14-10(15)5-6-19-14/h3-6,8,11H,7H2,1-2H3. The number of alkyl halides is 1. The van der Waals surface area contributed by atoms with E-state index in [1.54, 1.807) is 25.6 Å². The summed E-state index contributed by atoms with van der Waals surface area (Å²) < 4.78 is 11.7. The van der Waals surface area contributed by atoms with E-state index in [1.807, 2.05) is 12.1 Å². The second kappa shape index (κ2) is 6.77. The minimum absolute atomic E-state index is 0.292. The lowest BCUT2D eigenvalue weighted by molar-refractivity contribution is 0.354. The largest absolute Gasteiger partial charge is 0.493 e. The smallest absolute Gasteiger partial charge is 0.160 e. The number of hydrogen-bond acceptors (Lipinski definition) is 3. The van der Waals surface area contributed by atoms with Gasteiger partial charge in [0, 0.05) is 9.35 Å². The molecule has 0 radical (unpaired) electrons. The lowest BCUT2D eigenvalue weighted by Crippen LogP contribution is -1.96. The Balaban J connectivity index is 2.17. The number of methoxy groups -OCH3 is 2. The predicted octanol–water partition coefficient (Wildman–Crippen LogP) is 5.21. The van der Waals surface area contributed by atoms with Crippen LogP contribution in [0.4, 0.5) is 0 Å². The van der Waals surface area contributed by atoms with Gasteiger partial charge in [0.1, 0.15) is 0 Å². The number of thiophene rings is 1. The zero-order chi connectivity index (χ0) is 13.8. The first-order chi connectivity index (χ1) is 9.15. The molecule has 0 bridgehead atoms. The Hall–Kier alpha value is -0.520. The van der Waals surface area contributed by atoms with Crippen LogP contribution in [0.25, 0.3) is 0 Å². The molecule has 5 heteroatoms. The van der Waals surface area contributed by atoms with Gasteiger partial charge in [-0.15, -0.1) is 11.3 Å². The molecule has 1 aromatic carbocycles. The molecule has 0 N–H and O–H groups in total. The molecule has 0 aliphatic carbocycles. The first-order valence-electron chi connectivity index (χ1n) is 5.73. The molecule has 1 aromatic heterocycles. The maximum Gasteiger partial charge on any atom is 0.160 e. The van der Waals surface area contributed by atoms with Gasteiger partial charge in [-0.1, -0.05) is 22.0 Å². The van der Waals surface area contributed by atoms with Gasteiger partial charge in [-0.25, -0.2) is 0 Å². The Morgan fingerprint density at radius 1 is 1.16 bits per heavy atom. The Morgan fingerprint density at radius 2 is 1.89 bits per heavy atom. The van der Waals surface area contributed by atoms with E-state index in [2.05, 4.69) is 49.4 Å². The third kappa shape index (κ3) is 3.52. The molecule has 0 fully saturated rings. The highest BCUT2D eigenvalue weighted by Gasteiger charge is 2.14. The summed E-state index contributed by atoms with van der Waals surface area (Å²) in [6.45, 7) is 0. The van der Waals surface area contributed by atoms with E-state index in [0.717, 1.165) is 22.4 Å². The van der Waals surface area contributed by atoms with Crippen molar-refractivity contribution in [3.8, 4) is 11.5 Å². The first kappa shape index (κ1) is 14.9. The third-order valence-corrected chi connectivity index (χ3v) is 5.86. The molecule has 19 heavy (non-hydrogen) atoms. The fraction of sp³-hybridized carbons (Fsp3) is 0.286. The Kier molecular flexibility index (Phi) is 5.30.